The molecule has 10 heteroatoms. The molecule has 0 rings (SSSR count). The fourth-order valence-corrected chi connectivity index (χ4v) is 8.47. The molecule has 0 radical (unpaired) electrons. The van der Waals surface area contributed by atoms with Gasteiger partial charge in [-0.2, -0.15) is 0 Å². The summed E-state index contributed by atoms with van der Waals surface area (Å²) in [4.78, 5) is 35.6. The van der Waals surface area contributed by atoms with Crippen molar-refractivity contribution in [3.63, 3.8) is 0 Å². The lowest BCUT2D eigenvalue weighted by Gasteiger charge is -2.24. The van der Waals surface area contributed by atoms with Crippen LogP contribution in [0.25, 0.3) is 0 Å². The van der Waals surface area contributed by atoms with Crippen molar-refractivity contribution in [1.82, 2.24) is 0 Å². The zero-order valence-corrected chi connectivity index (χ0v) is 51.0. The first-order valence-corrected chi connectivity index (χ1v) is 32.1. The van der Waals surface area contributed by atoms with Crippen LogP contribution < -0.4 is 0 Å². The Bertz CT molecular complexity index is 1820. The SMILES string of the molecule is CC/C=C\C/C=C\C/C=C\C/C=C\C/C=C\C/C=C\C/C=C\C/C=C\CCCCCCCCCCCCCCCCC(=O)OC(COC(=O)CCCC/C=C\C/C=C\C/C=C\C/C=C\CC)COP(=O)(O)OCC[N+](C)(C)C. The summed E-state index contributed by atoms with van der Waals surface area (Å²) in [5.41, 5.74) is 0. The quantitative estimate of drug-likeness (QED) is 0.0211. The molecule has 0 amide bonds. The molecule has 0 aliphatic carbocycles. The molecule has 0 aromatic rings. The minimum absolute atomic E-state index is 0.0183. The summed E-state index contributed by atoms with van der Waals surface area (Å²) in [6.07, 6.45) is 85.1. The number of likely N-dealkylation sites (N-methyl/N-ethyl adjacent to an activating group) is 1. The van der Waals surface area contributed by atoms with Crippen LogP contribution in [0.4, 0.5) is 0 Å². The van der Waals surface area contributed by atoms with Gasteiger partial charge >= 0.3 is 19.8 Å². The third kappa shape index (κ3) is 61.1. The van der Waals surface area contributed by atoms with E-state index >= 15 is 0 Å². The molecule has 1 N–H and O–H groups in total. The number of ether oxygens (including phenoxy) is 2. The molecule has 0 aromatic carbocycles. The van der Waals surface area contributed by atoms with Crippen LogP contribution in [0.3, 0.4) is 0 Å². The van der Waals surface area contributed by atoms with Gasteiger partial charge in [0.25, 0.3) is 0 Å². The van der Waals surface area contributed by atoms with E-state index in [0.717, 1.165) is 109 Å². The zero-order valence-electron chi connectivity index (χ0n) is 50.1. The van der Waals surface area contributed by atoms with E-state index in [1.165, 1.54) is 70.6 Å². The van der Waals surface area contributed by atoms with Gasteiger partial charge in [0.2, 0.25) is 0 Å². The third-order valence-corrected chi connectivity index (χ3v) is 13.3. The second-order valence-corrected chi connectivity index (χ2v) is 22.4. The second-order valence-electron chi connectivity index (χ2n) is 21.0. The molecule has 0 saturated carbocycles. The summed E-state index contributed by atoms with van der Waals surface area (Å²) in [6.45, 7) is 4.13. The number of hydrogen-bond donors (Lipinski definition) is 1. The van der Waals surface area contributed by atoms with Gasteiger partial charge in [-0.05, 0) is 116 Å². The van der Waals surface area contributed by atoms with E-state index in [0.29, 0.717) is 23.9 Å². The summed E-state index contributed by atoms with van der Waals surface area (Å²) in [5, 5.41) is 0. The molecule has 9 nitrogen and oxygen atoms in total. The molecule has 442 valence electrons. The van der Waals surface area contributed by atoms with Crippen molar-refractivity contribution in [2.45, 2.75) is 225 Å². The Kier molecular flexibility index (Phi) is 54.5. The summed E-state index contributed by atoms with van der Waals surface area (Å²) in [7, 11) is 1.44. The van der Waals surface area contributed by atoms with Gasteiger partial charge in [-0.1, -0.05) is 237 Å². The number of quaternary nitrogens is 1. The fourth-order valence-electron chi connectivity index (χ4n) is 7.73. The Morgan fingerprint density at radius 1 is 0.397 bits per heavy atom. The standard InChI is InChI=1S/C68H112NO8P/c1-6-8-10-12-14-16-18-20-22-23-24-25-26-27-28-29-30-31-32-33-34-35-36-37-38-39-40-41-42-43-44-45-47-49-51-53-55-57-59-61-68(71)77-66(65-76-78(72,73)75-63-62-69(3,4)5)64-74-67(70)60-58-56-54-52-50-48-46-21-19-17-15-13-11-9-7-2/h8-11,14-17,20-22,24-25,27-28,30-31,33-34,36-37,46,50,52,66H,6-7,12-13,18-19,23,26,29,32,35,38-45,47-49,51,53-65H2,1-5H3/p+1/b10-8-,11-9-,16-14-,17-15-,22-20-,25-24-,28-27-,31-30-,34-33-,37-36-,46-21-,52-50-. The van der Waals surface area contributed by atoms with Gasteiger partial charge < -0.3 is 18.9 Å². The molecule has 0 bridgehead atoms. The molecule has 2 unspecified atom stereocenters. The van der Waals surface area contributed by atoms with Gasteiger partial charge in [0.05, 0.1) is 27.7 Å². The van der Waals surface area contributed by atoms with Crippen LogP contribution >= 0.6 is 7.82 Å². The van der Waals surface area contributed by atoms with Gasteiger partial charge in [-0.25, -0.2) is 4.57 Å². The number of phosphoric ester groups is 1. The van der Waals surface area contributed by atoms with Crippen LogP contribution in [0.5, 0.6) is 0 Å². The van der Waals surface area contributed by atoms with Crippen molar-refractivity contribution in [2.24, 2.45) is 0 Å². The lowest BCUT2D eigenvalue weighted by atomic mass is 10.0. The molecule has 0 saturated heterocycles. The third-order valence-electron chi connectivity index (χ3n) is 12.4. The van der Waals surface area contributed by atoms with Crippen molar-refractivity contribution in [1.29, 1.82) is 0 Å². The fraction of sp³-hybridized carbons (Fsp3) is 0.618. The van der Waals surface area contributed by atoms with Gasteiger partial charge in [0, 0.05) is 12.8 Å². The Morgan fingerprint density at radius 3 is 1.05 bits per heavy atom. The average molecular weight is 1100 g/mol. The van der Waals surface area contributed by atoms with Crippen molar-refractivity contribution < 1.29 is 42.1 Å². The number of carbonyl (C=O) groups is 2. The first-order valence-electron chi connectivity index (χ1n) is 30.6. The molecular weight excluding hydrogens is 990 g/mol. The average Bonchev–Trinajstić information content (AvgIpc) is 3.41. The number of unbranched alkanes of at least 4 members (excludes halogenated alkanes) is 16. The summed E-state index contributed by atoms with van der Waals surface area (Å²) in [6, 6.07) is 0. The van der Waals surface area contributed by atoms with E-state index in [1.807, 2.05) is 21.1 Å². The highest BCUT2D eigenvalue weighted by Crippen LogP contribution is 2.43. The first-order chi connectivity index (χ1) is 38.0. The maximum absolute atomic E-state index is 12.8. The van der Waals surface area contributed by atoms with E-state index in [2.05, 4.69) is 160 Å². The van der Waals surface area contributed by atoms with E-state index in [-0.39, 0.29) is 26.1 Å². The number of carbonyl (C=O) groups excluding carboxylic acids is 2. The zero-order chi connectivity index (χ0) is 57.0. The van der Waals surface area contributed by atoms with Gasteiger partial charge in [0.1, 0.15) is 19.8 Å². The van der Waals surface area contributed by atoms with Crippen LogP contribution in [-0.2, 0) is 32.7 Å². The minimum Gasteiger partial charge on any atom is -0.462 e. The predicted molar refractivity (Wildman–Crippen MR) is 334 cm³/mol. The number of esters is 2. The molecule has 2 atom stereocenters. The Balaban J connectivity index is 4.08. The molecule has 0 aromatic heterocycles. The maximum Gasteiger partial charge on any atom is 0.472 e. The Hall–Kier alpha value is -4.11. The smallest absolute Gasteiger partial charge is 0.462 e. The van der Waals surface area contributed by atoms with Gasteiger partial charge in [-0.15, -0.1) is 0 Å². The van der Waals surface area contributed by atoms with Crippen LogP contribution in [0.2, 0.25) is 0 Å². The molecular formula is C68H113NO8P+. The molecule has 0 aliphatic rings. The van der Waals surface area contributed by atoms with Crippen molar-refractivity contribution in [3.8, 4) is 0 Å². The van der Waals surface area contributed by atoms with Gasteiger partial charge in [0.15, 0.2) is 6.10 Å². The predicted octanol–water partition coefficient (Wildman–Crippen LogP) is 19.5. The van der Waals surface area contributed by atoms with E-state index in [9.17, 15) is 19.0 Å². The maximum atomic E-state index is 12.8. The highest BCUT2D eigenvalue weighted by atomic mass is 31.2. The minimum atomic E-state index is -4.40. The summed E-state index contributed by atoms with van der Waals surface area (Å²) in [5.74, 6) is -0.855. The number of hydrogen-bond acceptors (Lipinski definition) is 7. The monoisotopic (exact) mass is 1100 g/mol. The summed E-state index contributed by atoms with van der Waals surface area (Å²) < 4.78 is 34.5. The van der Waals surface area contributed by atoms with E-state index in [1.54, 1.807) is 0 Å². The van der Waals surface area contributed by atoms with E-state index < -0.39 is 32.5 Å². The number of rotatable bonds is 54. The highest BCUT2D eigenvalue weighted by Gasteiger charge is 2.27. The van der Waals surface area contributed by atoms with Crippen molar-refractivity contribution >= 4 is 19.8 Å². The topological polar surface area (TPSA) is 108 Å². The number of phosphoric acid groups is 1. The van der Waals surface area contributed by atoms with Crippen molar-refractivity contribution in [2.75, 3.05) is 47.5 Å². The first kappa shape index (κ1) is 73.9. The normalized spacial score (nSPS) is 14.3. The lowest BCUT2D eigenvalue weighted by Crippen LogP contribution is -2.37. The summed E-state index contributed by atoms with van der Waals surface area (Å²) >= 11 is 0. The molecule has 0 fully saturated rings. The number of nitrogens with zero attached hydrogens (tertiary/aromatic N) is 1. The van der Waals surface area contributed by atoms with Crippen LogP contribution in [-0.4, -0.2) is 74.9 Å². The molecule has 78 heavy (non-hydrogen) atoms. The molecule has 0 heterocycles. The van der Waals surface area contributed by atoms with Crippen molar-refractivity contribution in [3.05, 3.63) is 146 Å². The second kappa shape index (κ2) is 57.6. The van der Waals surface area contributed by atoms with E-state index in [4.69, 9.17) is 18.5 Å². The van der Waals surface area contributed by atoms with Crippen LogP contribution in [0.1, 0.15) is 219 Å². The highest BCUT2D eigenvalue weighted by molar-refractivity contribution is 7.47. The number of allylic oxidation sites excluding steroid dienone is 24. The molecule has 0 spiro atoms. The molecule has 0 aliphatic heterocycles. The van der Waals surface area contributed by atoms with Gasteiger partial charge in [-0.3, -0.25) is 18.6 Å². The lowest BCUT2D eigenvalue weighted by molar-refractivity contribution is -0.870. The van der Waals surface area contributed by atoms with Crippen LogP contribution in [0.15, 0.2) is 146 Å². The Morgan fingerprint density at radius 2 is 0.692 bits per heavy atom. The van der Waals surface area contributed by atoms with Crippen LogP contribution in [0, 0.1) is 0 Å². The largest absolute Gasteiger partial charge is 0.472 e. The Labute approximate surface area is 478 Å².